The van der Waals surface area contributed by atoms with Gasteiger partial charge in [-0.25, -0.2) is 4.79 Å². The summed E-state index contributed by atoms with van der Waals surface area (Å²) in [5, 5.41) is 0. The molecule has 1 heterocycles. The summed E-state index contributed by atoms with van der Waals surface area (Å²) in [7, 11) is 0. The van der Waals surface area contributed by atoms with Crippen LogP contribution in [-0.4, -0.2) is 9.55 Å². The second kappa shape index (κ2) is 7.54. The van der Waals surface area contributed by atoms with E-state index in [2.05, 4.69) is 17.8 Å². The summed E-state index contributed by atoms with van der Waals surface area (Å²) in [5.74, 6) is 2.38. The van der Waals surface area contributed by atoms with Crippen molar-refractivity contribution in [3.63, 3.8) is 0 Å². The molecule has 18 heavy (non-hydrogen) atoms. The Bertz CT molecular complexity index is 520. The summed E-state index contributed by atoms with van der Waals surface area (Å²) >= 11 is 0. The number of hydrogen-bond donors (Lipinski definition) is 1. The molecule has 0 aliphatic carbocycles. The van der Waals surface area contributed by atoms with Crippen molar-refractivity contribution in [3.8, 4) is 12.3 Å². The standard InChI is InChI=1S/C14H20N2O2/c1-3-5-6-7-8-9-10-16-12(4-2)11-13(17)15-14(16)18/h2,11H,3,5-10H2,1H3,(H,15,17,18). The zero-order valence-electron chi connectivity index (χ0n) is 10.9. The first-order valence-corrected chi connectivity index (χ1v) is 6.49. The first-order valence-electron chi connectivity index (χ1n) is 6.49. The molecule has 1 N–H and O–H groups in total. The lowest BCUT2D eigenvalue weighted by atomic mass is 10.1. The fraction of sp³-hybridized carbons (Fsp3) is 0.571. The van der Waals surface area contributed by atoms with Crippen LogP contribution in [0.2, 0.25) is 0 Å². The first-order chi connectivity index (χ1) is 8.69. The molecule has 0 aromatic carbocycles. The Morgan fingerprint density at radius 1 is 1.22 bits per heavy atom. The maximum absolute atomic E-state index is 11.6. The number of aromatic amines is 1. The van der Waals surface area contributed by atoms with Crippen LogP contribution in [0.15, 0.2) is 15.7 Å². The van der Waals surface area contributed by atoms with Crippen molar-refractivity contribution < 1.29 is 0 Å². The van der Waals surface area contributed by atoms with Crippen LogP contribution in [0.25, 0.3) is 0 Å². The maximum atomic E-state index is 11.6. The van der Waals surface area contributed by atoms with Crippen LogP contribution in [0.5, 0.6) is 0 Å². The highest BCUT2D eigenvalue weighted by Gasteiger charge is 2.03. The molecule has 0 fully saturated rings. The average Bonchev–Trinajstić information content (AvgIpc) is 2.35. The van der Waals surface area contributed by atoms with Gasteiger partial charge in [-0.15, -0.1) is 6.42 Å². The number of rotatable bonds is 7. The molecule has 0 aliphatic rings. The number of aromatic nitrogens is 2. The van der Waals surface area contributed by atoms with Crippen molar-refractivity contribution >= 4 is 0 Å². The fourth-order valence-electron chi connectivity index (χ4n) is 1.91. The van der Waals surface area contributed by atoms with Gasteiger partial charge in [0.2, 0.25) is 0 Å². The van der Waals surface area contributed by atoms with Crippen molar-refractivity contribution in [2.45, 2.75) is 52.0 Å². The molecule has 4 heteroatoms. The molecule has 1 aromatic heterocycles. The van der Waals surface area contributed by atoms with E-state index in [9.17, 15) is 9.59 Å². The van der Waals surface area contributed by atoms with Gasteiger partial charge >= 0.3 is 5.69 Å². The monoisotopic (exact) mass is 248 g/mol. The number of unbranched alkanes of at least 4 members (excludes halogenated alkanes) is 5. The molecule has 0 amide bonds. The normalized spacial score (nSPS) is 10.2. The van der Waals surface area contributed by atoms with Crippen LogP contribution < -0.4 is 11.2 Å². The summed E-state index contributed by atoms with van der Waals surface area (Å²) < 4.78 is 1.46. The minimum Gasteiger partial charge on any atom is -0.286 e. The van der Waals surface area contributed by atoms with Crippen LogP contribution in [0.3, 0.4) is 0 Å². The molecule has 1 aromatic rings. The SMILES string of the molecule is C#Cc1cc(=O)[nH]c(=O)n1CCCCCCCC. The summed E-state index contributed by atoms with van der Waals surface area (Å²) in [4.78, 5) is 24.9. The molecule has 0 aliphatic heterocycles. The first kappa shape index (κ1) is 14.3. The largest absolute Gasteiger partial charge is 0.329 e. The molecule has 1 rings (SSSR count). The highest BCUT2D eigenvalue weighted by Crippen LogP contribution is 2.06. The Morgan fingerprint density at radius 3 is 2.56 bits per heavy atom. The molecule has 4 nitrogen and oxygen atoms in total. The van der Waals surface area contributed by atoms with E-state index in [4.69, 9.17) is 6.42 Å². The van der Waals surface area contributed by atoms with Crippen LogP contribution in [-0.2, 0) is 6.54 Å². The number of terminal acetylenes is 1. The second-order valence-corrected chi connectivity index (χ2v) is 4.39. The van der Waals surface area contributed by atoms with Gasteiger partial charge in [-0.1, -0.05) is 44.9 Å². The van der Waals surface area contributed by atoms with Crippen molar-refractivity contribution in [2.24, 2.45) is 0 Å². The smallest absolute Gasteiger partial charge is 0.286 e. The van der Waals surface area contributed by atoms with Crippen molar-refractivity contribution in [1.82, 2.24) is 9.55 Å². The highest BCUT2D eigenvalue weighted by molar-refractivity contribution is 5.23. The Balaban J connectivity index is 2.55. The molecule has 0 saturated heterocycles. The van der Waals surface area contributed by atoms with E-state index in [1.54, 1.807) is 0 Å². The van der Waals surface area contributed by atoms with Gasteiger partial charge in [-0.2, -0.15) is 0 Å². The van der Waals surface area contributed by atoms with Crippen LogP contribution in [0, 0.1) is 12.3 Å². The predicted octanol–water partition coefficient (Wildman–Crippen LogP) is 1.88. The van der Waals surface area contributed by atoms with Gasteiger partial charge in [0.15, 0.2) is 0 Å². The zero-order valence-corrected chi connectivity index (χ0v) is 10.9. The van der Waals surface area contributed by atoms with E-state index in [0.717, 1.165) is 12.8 Å². The summed E-state index contributed by atoms with van der Waals surface area (Å²) in [5.41, 5.74) is -0.492. The van der Waals surface area contributed by atoms with E-state index in [1.807, 2.05) is 0 Å². The van der Waals surface area contributed by atoms with E-state index < -0.39 is 11.2 Å². The topological polar surface area (TPSA) is 54.9 Å². The Morgan fingerprint density at radius 2 is 1.89 bits per heavy atom. The Hall–Kier alpha value is -1.76. The molecular formula is C14H20N2O2. The summed E-state index contributed by atoms with van der Waals surface area (Å²) in [6, 6.07) is 1.29. The molecular weight excluding hydrogens is 228 g/mol. The lowest BCUT2D eigenvalue weighted by molar-refractivity contribution is 0.539. The van der Waals surface area contributed by atoms with Gasteiger partial charge in [-0.05, 0) is 6.42 Å². The summed E-state index contributed by atoms with van der Waals surface area (Å²) in [6.07, 6.45) is 12.2. The Kier molecular flexibility index (Phi) is 5.99. The lowest BCUT2D eigenvalue weighted by Crippen LogP contribution is -2.31. The predicted molar refractivity (Wildman–Crippen MR) is 72.6 cm³/mol. The quantitative estimate of drug-likeness (QED) is 0.591. The number of nitrogens with zero attached hydrogens (tertiary/aromatic N) is 1. The van der Waals surface area contributed by atoms with E-state index in [-0.39, 0.29) is 0 Å². The minimum atomic E-state index is -0.438. The molecule has 0 spiro atoms. The number of nitrogens with one attached hydrogen (secondary N) is 1. The molecule has 0 unspecified atom stereocenters. The van der Waals surface area contributed by atoms with Crippen molar-refractivity contribution in [1.29, 1.82) is 0 Å². The zero-order chi connectivity index (χ0) is 13.4. The van der Waals surface area contributed by atoms with Crippen LogP contribution in [0.4, 0.5) is 0 Å². The van der Waals surface area contributed by atoms with Gasteiger partial charge in [0, 0.05) is 12.6 Å². The maximum Gasteiger partial charge on any atom is 0.329 e. The third-order valence-electron chi connectivity index (χ3n) is 2.92. The fourth-order valence-corrected chi connectivity index (χ4v) is 1.91. The molecule has 0 radical (unpaired) electrons. The number of H-pyrrole nitrogens is 1. The second-order valence-electron chi connectivity index (χ2n) is 4.39. The van der Waals surface area contributed by atoms with Gasteiger partial charge in [-0.3, -0.25) is 14.3 Å². The summed E-state index contributed by atoms with van der Waals surface area (Å²) in [6.45, 7) is 2.75. The minimum absolute atomic E-state index is 0.359. The van der Waals surface area contributed by atoms with Gasteiger partial charge in [0.05, 0.1) is 0 Å². The van der Waals surface area contributed by atoms with Gasteiger partial charge in [0.1, 0.15) is 5.69 Å². The van der Waals surface area contributed by atoms with Crippen LogP contribution in [0.1, 0.15) is 51.1 Å². The number of hydrogen-bond acceptors (Lipinski definition) is 2. The Labute approximate surface area is 107 Å². The third kappa shape index (κ3) is 4.25. The van der Waals surface area contributed by atoms with Crippen molar-refractivity contribution in [3.05, 3.63) is 32.6 Å². The average molecular weight is 248 g/mol. The highest BCUT2D eigenvalue weighted by atomic mass is 16.2. The van der Waals surface area contributed by atoms with E-state index in [1.165, 1.54) is 36.3 Å². The van der Waals surface area contributed by atoms with E-state index >= 15 is 0 Å². The van der Waals surface area contributed by atoms with Gasteiger partial charge < -0.3 is 0 Å². The van der Waals surface area contributed by atoms with Gasteiger partial charge in [0.25, 0.3) is 5.56 Å². The molecule has 0 saturated carbocycles. The third-order valence-corrected chi connectivity index (χ3v) is 2.92. The van der Waals surface area contributed by atoms with Crippen LogP contribution >= 0.6 is 0 Å². The lowest BCUT2D eigenvalue weighted by Gasteiger charge is -2.07. The van der Waals surface area contributed by atoms with E-state index in [0.29, 0.717) is 12.2 Å². The molecule has 0 atom stereocenters. The molecule has 98 valence electrons. The molecule has 0 bridgehead atoms. The van der Waals surface area contributed by atoms with Crippen molar-refractivity contribution in [2.75, 3.05) is 0 Å².